The number of nitrogens with zero attached hydrogens (tertiary/aromatic N) is 2. The van der Waals surface area contributed by atoms with Crippen molar-refractivity contribution in [2.75, 3.05) is 27.7 Å². The van der Waals surface area contributed by atoms with Crippen molar-refractivity contribution in [2.24, 2.45) is 29.4 Å². The molecule has 0 aromatic heterocycles. The molecule has 222 valence electrons. The molecule has 0 spiro atoms. The van der Waals surface area contributed by atoms with Crippen LogP contribution in [0.3, 0.4) is 0 Å². The third-order valence-electron chi connectivity index (χ3n) is 9.13. The van der Waals surface area contributed by atoms with E-state index in [1.54, 1.807) is 14.1 Å². The summed E-state index contributed by atoms with van der Waals surface area (Å²) in [6.45, 7) is 1.12. The first-order valence-electron chi connectivity index (χ1n) is 13.9. The fourth-order valence-electron chi connectivity index (χ4n) is 7.16. The summed E-state index contributed by atoms with van der Waals surface area (Å²) in [4.78, 5) is 69.9. The van der Waals surface area contributed by atoms with E-state index in [-0.39, 0.29) is 24.2 Å². The molecule has 0 bridgehead atoms. The molecule has 11 heteroatoms. The van der Waals surface area contributed by atoms with Gasteiger partial charge >= 0.3 is 0 Å². The Kier molecular flexibility index (Phi) is 7.86. The maximum absolute atomic E-state index is 13.9. The second-order valence-corrected chi connectivity index (χ2v) is 12.4. The molecule has 0 saturated heterocycles. The average Bonchev–Trinajstić information content (AvgIpc) is 2.92. The Morgan fingerprint density at radius 1 is 1.10 bits per heavy atom. The van der Waals surface area contributed by atoms with Crippen LogP contribution < -0.4 is 5.73 Å². The van der Waals surface area contributed by atoms with Crippen LogP contribution >= 0.6 is 11.6 Å². The molecule has 0 heterocycles. The smallest absolute Gasteiger partial charge is 0.235 e. The van der Waals surface area contributed by atoms with E-state index in [2.05, 4.69) is 0 Å². The van der Waals surface area contributed by atoms with Crippen molar-refractivity contribution < 1.29 is 34.2 Å². The number of rotatable bonds is 7. The zero-order chi connectivity index (χ0) is 30.7. The molecule has 6 atom stereocenters. The van der Waals surface area contributed by atoms with Gasteiger partial charge in [0.2, 0.25) is 5.91 Å². The lowest BCUT2D eigenvalue weighted by molar-refractivity contribution is -0.181. The van der Waals surface area contributed by atoms with Crippen LogP contribution in [-0.4, -0.2) is 88.4 Å². The van der Waals surface area contributed by atoms with Gasteiger partial charge in [-0.2, -0.15) is 0 Å². The molecule has 4 N–H and O–H groups in total. The number of nitrogens with two attached hydrogens (primary N) is 1. The van der Waals surface area contributed by atoms with Crippen LogP contribution in [0, 0.1) is 23.7 Å². The zero-order valence-electron chi connectivity index (χ0n) is 23.7. The number of fused-ring (bicyclic) bond motifs is 3. The van der Waals surface area contributed by atoms with E-state index >= 15 is 0 Å². The Morgan fingerprint density at radius 3 is 2.38 bits per heavy atom. The number of halogens is 1. The number of aromatic hydroxyl groups is 1. The number of carbonyl (C=O) groups is 5. The minimum Gasteiger partial charge on any atom is -0.507 e. The zero-order valence-corrected chi connectivity index (χ0v) is 24.4. The van der Waals surface area contributed by atoms with E-state index in [1.807, 2.05) is 42.3 Å². The second-order valence-electron chi connectivity index (χ2n) is 12.0. The number of hydrogen-bond donors (Lipinski definition) is 3. The van der Waals surface area contributed by atoms with Crippen molar-refractivity contribution in [3.8, 4) is 5.75 Å². The summed E-state index contributed by atoms with van der Waals surface area (Å²) in [5.74, 6) is -10.8. The number of benzene rings is 2. The van der Waals surface area contributed by atoms with Crippen LogP contribution in [0.2, 0.25) is 5.02 Å². The van der Waals surface area contributed by atoms with Crippen molar-refractivity contribution in [3.63, 3.8) is 0 Å². The number of primary amides is 1. The normalized spacial score (nSPS) is 29.0. The standard InChI is InChI=1S/C31H34ClN3O7/c1-34(2)25-19-12-16-11-18-22(26(37)21(16)28(39)31(19,42)29(40)23(27(25)38)30(33)41)20(36)13-17(24(18)32)14-35(3)10-9-15-7-5-4-6-8-15/h4-8,13,16,19,21,23,25,36,42H,9-12,14H2,1-3H3,(H2,33,41)/t16-,19-,21?,23?,25-,31-/m0/s1. The highest BCUT2D eigenvalue weighted by Crippen LogP contribution is 2.51. The Hall–Kier alpha value is -3.44. The van der Waals surface area contributed by atoms with Gasteiger partial charge < -0.3 is 20.8 Å². The van der Waals surface area contributed by atoms with Crippen molar-refractivity contribution in [2.45, 2.75) is 37.5 Å². The van der Waals surface area contributed by atoms with Gasteiger partial charge in [-0.1, -0.05) is 41.9 Å². The average molecular weight is 596 g/mol. The summed E-state index contributed by atoms with van der Waals surface area (Å²) >= 11 is 6.84. The lowest BCUT2D eigenvalue weighted by Crippen LogP contribution is -2.74. The van der Waals surface area contributed by atoms with Crippen LogP contribution in [-0.2, 0) is 38.6 Å². The molecule has 42 heavy (non-hydrogen) atoms. The fraction of sp³-hybridized carbons (Fsp3) is 0.452. The first-order valence-corrected chi connectivity index (χ1v) is 14.3. The van der Waals surface area contributed by atoms with Crippen LogP contribution in [0.4, 0.5) is 0 Å². The largest absolute Gasteiger partial charge is 0.507 e. The van der Waals surface area contributed by atoms with Gasteiger partial charge in [0, 0.05) is 24.0 Å². The third-order valence-corrected chi connectivity index (χ3v) is 9.61. The molecule has 0 aliphatic heterocycles. The van der Waals surface area contributed by atoms with Crippen LogP contribution in [0.25, 0.3) is 0 Å². The third kappa shape index (κ3) is 4.66. The van der Waals surface area contributed by atoms with Gasteiger partial charge in [0.25, 0.3) is 0 Å². The van der Waals surface area contributed by atoms with Crippen molar-refractivity contribution >= 4 is 40.6 Å². The number of phenolic OH excluding ortho intramolecular Hbond substituents is 1. The quantitative estimate of drug-likeness (QED) is 0.400. The fourth-order valence-corrected chi connectivity index (χ4v) is 7.44. The minimum atomic E-state index is -2.75. The molecule has 3 aliphatic carbocycles. The first kappa shape index (κ1) is 30.0. The number of phenols is 1. The molecule has 2 unspecified atom stereocenters. The topological polar surface area (TPSA) is 158 Å². The lowest BCUT2D eigenvalue weighted by Gasteiger charge is -2.52. The van der Waals surface area contributed by atoms with E-state index in [9.17, 15) is 34.2 Å². The van der Waals surface area contributed by atoms with E-state index < -0.39 is 64.4 Å². The van der Waals surface area contributed by atoms with Crippen LogP contribution in [0.15, 0.2) is 36.4 Å². The van der Waals surface area contributed by atoms with E-state index in [0.29, 0.717) is 22.7 Å². The summed E-state index contributed by atoms with van der Waals surface area (Å²) in [6.07, 6.45) is 0.906. The van der Waals surface area contributed by atoms with Crippen LogP contribution in [0.5, 0.6) is 5.75 Å². The Morgan fingerprint density at radius 2 is 1.76 bits per heavy atom. The molecule has 1 amide bonds. The van der Waals surface area contributed by atoms with Gasteiger partial charge in [-0.15, -0.1) is 0 Å². The van der Waals surface area contributed by atoms with Gasteiger partial charge in [0.1, 0.15) is 5.75 Å². The summed E-state index contributed by atoms with van der Waals surface area (Å²) in [5.41, 5.74) is 4.69. The summed E-state index contributed by atoms with van der Waals surface area (Å²) < 4.78 is 0. The highest BCUT2D eigenvalue weighted by atomic mass is 35.5. The van der Waals surface area contributed by atoms with Crippen molar-refractivity contribution in [1.82, 2.24) is 9.80 Å². The first-order chi connectivity index (χ1) is 19.8. The number of Topliss-reactive ketones (excluding diaryl/α,β-unsaturated/α-hetero) is 4. The van der Waals surface area contributed by atoms with Gasteiger partial charge in [-0.25, -0.2) is 0 Å². The molecule has 2 saturated carbocycles. The maximum Gasteiger partial charge on any atom is 0.235 e. The highest BCUT2D eigenvalue weighted by Gasteiger charge is 2.69. The molecule has 2 aromatic carbocycles. The monoisotopic (exact) mass is 595 g/mol. The summed E-state index contributed by atoms with van der Waals surface area (Å²) in [6, 6.07) is 10.3. The minimum absolute atomic E-state index is 0.0256. The van der Waals surface area contributed by atoms with Gasteiger partial charge in [0.05, 0.1) is 17.5 Å². The SMILES string of the molecule is CN(CCc1ccccc1)Cc1cc(O)c2c(c1Cl)C[C@H]1C[C@H]3[C@H](N(C)C)C(=O)C(C(N)=O)C(=O)[C@@]3(O)C(=O)C1C2=O. The van der Waals surface area contributed by atoms with Crippen molar-refractivity contribution in [1.29, 1.82) is 0 Å². The van der Waals surface area contributed by atoms with E-state index in [0.717, 1.165) is 13.0 Å². The van der Waals surface area contributed by atoms with Crippen molar-refractivity contribution in [3.05, 3.63) is 63.7 Å². The van der Waals surface area contributed by atoms with Gasteiger partial charge in [0.15, 0.2) is 34.7 Å². The number of ketones is 4. The van der Waals surface area contributed by atoms with E-state index in [1.165, 1.54) is 16.5 Å². The number of amides is 1. The molecule has 3 aliphatic rings. The highest BCUT2D eigenvalue weighted by molar-refractivity contribution is 6.34. The Balaban J connectivity index is 1.48. The number of hydrogen-bond acceptors (Lipinski definition) is 9. The predicted molar refractivity (Wildman–Crippen MR) is 153 cm³/mol. The molecular formula is C31H34ClN3O7. The molecule has 10 nitrogen and oxygen atoms in total. The Labute approximate surface area is 248 Å². The molecule has 5 rings (SSSR count). The summed E-state index contributed by atoms with van der Waals surface area (Å²) in [7, 11) is 5.02. The number of carbonyl (C=O) groups excluding carboxylic acids is 5. The second kappa shape index (κ2) is 11.0. The summed E-state index contributed by atoms with van der Waals surface area (Å²) in [5, 5.41) is 23.0. The number of likely N-dealkylation sites (N-methyl/N-ethyl adjacent to an activating group) is 2. The Bertz CT molecular complexity index is 1490. The molecule has 0 radical (unpaired) electrons. The molecule has 2 fully saturated rings. The lowest BCUT2D eigenvalue weighted by atomic mass is 9.52. The van der Waals surface area contributed by atoms with Gasteiger partial charge in [-0.3, -0.25) is 28.9 Å². The van der Waals surface area contributed by atoms with Gasteiger partial charge in [-0.05, 0) is 69.1 Å². The predicted octanol–water partition coefficient (Wildman–Crippen LogP) is 1.19. The number of aliphatic hydroxyl groups is 1. The van der Waals surface area contributed by atoms with E-state index in [4.69, 9.17) is 17.3 Å². The molecular weight excluding hydrogens is 562 g/mol. The maximum atomic E-state index is 13.9. The molecule has 2 aromatic rings. The van der Waals surface area contributed by atoms with Crippen LogP contribution in [0.1, 0.15) is 33.5 Å².